The number of rotatable bonds is 7. The third kappa shape index (κ3) is 6.73. The molecule has 0 bridgehead atoms. The molecule has 2 aliphatic carbocycles. The maximum absolute atomic E-state index is 14.0. The molecule has 38 heavy (non-hydrogen) atoms. The molecule has 0 unspecified atom stereocenters. The van der Waals surface area contributed by atoms with Gasteiger partial charge in [-0.1, -0.05) is 128 Å². The number of hydrogen-bond donors (Lipinski definition) is 0. The molecule has 4 heteroatoms. The standard InChI is InChI=1S/C34H49NOP2/c1-34(2,3)33(36)35-25-32(38(30-20-12-6-13-21-30)31-22-14-7-15-23-31)24-27(35)26-37(28-16-8-4-9-17-28)29-18-10-5-11-19-29/h4-5,8-11,16-19,27,30-32H,6-7,12-15,20-26H2,1-3H3/t27-,32-/m0/s1. The van der Waals surface area contributed by atoms with Gasteiger partial charge in [0.05, 0.1) is 0 Å². The zero-order valence-electron chi connectivity index (χ0n) is 24.0. The van der Waals surface area contributed by atoms with Crippen LogP contribution in [0.3, 0.4) is 0 Å². The van der Waals surface area contributed by atoms with E-state index in [1.807, 2.05) is 0 Å². The highest BCUT2D eigenvalue weighted by atomic mass is 31.1. The van der Waals surface area contributed by atoms with Crippen molar-refractivity contribution in [1.82, 2.24) is 4.90 Å². The molecule has 3 aliphatic rings. The van der Waals surface area contributed by atoms with Crippen LogP contribution < -0.4 is 10.6 Å². The Morgan fingerprint density at radius 1 is 0.737 bits per heavy atom. The van der Waals surface area contributed by atoms with Crippen molar-refractivity contribution in [3.63, 3.8) is 0 Å². The molecule has 0 N–H and O–H groups in total. The second-order valence-electron chi connectivity index (χ2n) is 13.1. The molecule has 0 spiro atoms. The summed E-state index contributed by atoms with van der Waals surface area (Å²) in [5.74, 6) is 0.378. The van der Waals surface area contributed by atoms with Crippen LogP contribution in [-0.4, -0.2) is 46.5 Å². The van der Waals surface area contributed by atoms with Crippen molar-refractivity contribution in [3.05, 3.63) is 60.7 Å². The van der Waals surface area contributed by atoms with Crippen molar-refractivity contribution >= 4 is 32.4 Å². The molecule has 2 saturated carbocycles. The number of carbonyl (C=O) groups excluding carboxylic acids is 1. The summed E-state index contributed by atoms with van der Waals surface area (Å²) in [4.78, 5) is 16.4. The molecule has 3 fully saturated rings. The molecule has 2 aromatic carbocycles. The van der Waals surface area contributed by atoms with Crippen LogP contribution in [0, 0.1) is 5.41 Å². The van der Waals surface area contributed by atoms with Gasteiger partial charge in [-0.25, -0.2) is 0 Å². The Morgan fingerprint density at radius 2 is 1.21 bits per heavy atom. The third-order valence-corrected chi connectivity index (χ3v) is 15.8. The fourth-order valence-electron chi connectivity index (χ4n) is 7.40. The van der Waals surface area contributed by atoms with Crippen molar-refractivity contribution in [2.45, 2.75) is 114 Å². The summed E-state index contributed by atoms with van der Waals surface area (Å²) in [5.41, 5.74) is 2.30. The van der Waals surface area contributed by atoms with Crippen molar-refractivity contribution in [2.24, 2.45) is 5.41 Å². The Balaban J connectivity index is 1.46. The van der Waals surface area contributed by atoms with E-state index < -0.39 is 7.92 Å². The number of nitrogens with zero attached hydrogens (tertiary/aromatic N) is 1. The Labute approximate surface area is 234 Å². The van der Waals surface area contributed by atoms with Gasteiger partial charge in [0.15, 0.2) is 0 Å². The lowest BCUT2D eigenvalue weighted by molar-refractivity contribution is -0.139. The van der Waals surface area contributed by atoms with Gasteiger partial charge in [-0.05, 0) is 73.8 Å². The molecular weight excluding hydrogens is 500 g/mol. The van der Waals surface area contributed by atoms with E-state index in [4.69, 9.17) is 0 Å². The summed E-state index contributed by atoms with van der Waals surface area (Å²) >= 11 is 0. The monoisotopic (exact) mass is 549 g/mol. The summed E-state index contributed by atoms with van der Waals surface area (Å²) in [6.45, 7) is 7.40. The van der Waals surface area contributed by atoms with Crippen molar-refractivity contribution in [1.29, 1.82) is 0 Å². The number of amides is 1. The molecule has 2 nitrogen and oxygen atoms in total. The van der Waals surface area contributed by atoms with E-state index in [1.165, 1.54) is 81.2 Å². The molecule has 5 rings (SSSR count). The Morgan fingerprint density at radius 3 is 1.66 bits per heavy atom. The van der Waals surface area contributed by atoms with Gasteiger partial charge in [-0.2, -0.15) is 0 Å². The van der Waals surface area contributed by atoms with Crippen LogP contribution in [0.4, 0.5) is 0 Å². The normalized spacial score (nSPS) is 23.9. The van der Waals surface area contributed by atoms with Gasteiger partial charge in [0.1, 0.15) is 0 Å². The minimum atomic E-state index is -0.503. The highest BCUT2D eigenvalue weighted by Gasteiger charge is 2.46. The average molecular weight is 550 g/mol. The van der Waals surface area contributed by atoms with Gasteiger partial charge in [0.25, 0.3) is 0 Å². The van der Waals surface area contributed by atoms with Gasteiger partial charge in [0.2, 0.25) is 5.91 Å². The molecule has 1 aliphatic heterocycles. The summed E-state index contributed by atoms with van der Waals surface area (Å²) < 4.78 is 0. The first-order valence-corrected chi connectivity index (χ1v) is 18.5. The molecule has 0 radical (unpaired) electrons. The first-order chi connectivity index (χ1) is 18.4. The molecular formula is C34H49NOP2. The van der Waals surface area contributed by atoms with Gasteiger partial charge >= 0.3 is 0 Å². The molecule has 0 aromatic heterocycles. The molecule has 1 amide bonds. The lowest BCUT2D eigenvalue weighted by Crippen LogP contribution is -2.44. The summed E-state index contributed by atoms with van der Waals surface area (Å²) in [7, 11) is -0.535. The van der Waals surface area contributed by atoms with E-state index in [1.54, 1.807) is 0 Å². The number of carbonyl (C=O) groups is 1. The Kier molecular flexibility index (Phi) is 9.65. The first kappa shape index (κ1) is 28.3. The molecule has 2 aromatic rings. The van der Waals surface area contributed by atoms with Crippen molar-refractivity contribution < 1.29 is 4.79 Å². The van der Waals surface area contributed by atoms with Gasteiger partial charge in [-0.15, -0.1) is 0 Å². The van der Waals surface area contributed by atoms with E-state index in [2.05, 4.69) is 86.3 Å². The van der Waals surface area contributed by atoms with E-state index in [9.17, 15) is 4.79 Å². The quantitative estimate of drug-likeness (QED) is 0.318. The minimum absolute atomic E-state index is 0.0322. The fraction of sp³-hybridized carbons (Fsp3) is 0.618. The average Bonchev–Trinajstić information content (AvgIpc) is 3.36. The summed E-state index contributed by atoms with van der Waals surface area (Å²) in [6, 6.07) is 22.6. The van der Waals surface area contributed by atoms with Gasteiger partial charge < -0.3 is 4.90 Å². The van der Waals surface area contributed by atoms with Crippen molar-refractivity contribution in [3.8, 4) is 0 Å². The van der Waals surface area contributed by atoms with Crippen molar-refractivity contribution in [2.75, 3.05) is 12.7 Å². The number of likely N-dealkylation sites (tertiary alicyclic amines) is 1. The van der Waals surface area contributed by atoms with E-state index >= 15 is 0 Å². The minimum Gasteiger partial charge on any atom is -0.338 e. The lowest BCUT2D eigenvalue weighted by Gasteiger charge is -2.42. The highest BCUT2D eigenvalue weighted by Crippen LogP contribution is 2.61. The second-order valence-corrected chi connectivity index (χ2v) is 18.4. The molecule has 206 valence electrons. The lowest BCUT2D eigenvalue weighted by atomic mass is 9.94. The van der Waals surface area contributed by atoms with Crippen LogP contribution in [-0.2, 0) is 4.79 Å². The number of benzene rings is 2. The van der Waals surface area contributed by atoms with Crippen LogP contribution in [0.5, 0.6) is 0 Å². The number of hydrogen-bond acceptors (Lipinski definition) is 1. The van der Waals surface area contributed by atoms with E-state index in [0.717, 1.165) is 29.7 Å². The third-order valence-electron chi connectivity index (χ3n) is 9.24. The topological polar surface area (TPSA) is 20.3 Å². The van der Waals surface area contributed by atoms with E-state index in [-0.39, 0.29) is 13.3 Å². The largest absolute Gasteiger partial charge is 0.338 e. The van der Waals surface area contributed by atoms with Gasteiger partial charge in [0, 0.05) is 18.0 Å². The second kappa shape index (κ2) is 13.0. The maximum atomic E-state index is 14.0. The Bertz CT molecular complexity index is 950. The Hall–Kier alpha value is -1.23. The zero-order chi connectivity index (χ0) is 26.5. The highest BCUT2D eigenvalue weighted by molar-refractivity contribution is 7.73. The van der Waals surface area contributed by atoms with Crippen LogP contribution >= 0.6 is 15.8 Å². The zero-order valence-corrected chi connectivity index (χ0v) is 25.8. The van der Waals surface area contributed by atoms with Crippen LogP contribution in [0.1, 0.15) is 91.4 Å². The van der Waals surface area contributed by atoms with Crippen LogP contribution in [0.25, 0.3) is 0 Å². The molecule has 1 saturated heterocycles. The fourth-order valence-corrected chi connectivity index (χ4v) is 14.5. The first-order valence-electron chi connectivity index (χ1n) is 15.4. The SMILES string of the molecule is CC(C)(C)C(=O)N1C[C@@H](P(C2CCCCC2)C2CCCCC2)C[C@H]1CP(c1ccccc1)c1ccccc1. The van der Waals surface area contributed by atoms with Crippen LogP contribution in [0.15, 0.2) is 60.7 Å². The smallest absolute Gasteiger partial charge is 0.228 e. The van der Waals surface area contributed by atoms with Gasteiger partial charge in [-0.3, -0.25) is 4.79 Å². The molecule has 1 heterocycles. The van der Waals surface area contributed by atoms with E-state index in [0.29, 0.717) is 11.9 Å². The predicted octanol–water partition coefficient (Wildman–Crippen LogP) is 8.28. The van der Waals surface area contributed by atoms with Crippen LogP contribution in [0.2, 0.25) is 0 Å². The molecule has 2 atom stereocenters. The maximum Gasteiger partial charge on any atom is 0.228 e. The predicted molar refractivity (Wildman–Crippen MR) is 168 cm³/mol. The summed E-state index contributed by atoms with van der Waals surface area (Å²) in [5, 5.41) is 2.89. The summed E-state index contributed by atoms with van der Waals surface area (Å²) in [6.07, 6.45) is 16.8.